The van der Waals surface area contributed by atoms with Crippen molar-refractivity contribution < 1.29 is 19.4 Å². The number of carbonyl (C=O) groups is 2. The summed E-state index contributed by atoms with van der Waals surface area (Å²) < 4.78 is 5.61. The Hall–Kier alpha value is -3.15. The molecule has 0 atom stereocenters. The van der Waals surface area contributed by atoms with E-state index in [4.69, 9.17) is 4.74 Å². The lowest BCUT2D eigenvalue weighted by molar-refractivity contribution is -0.255. The maximum Gasteiger partial charge on any atom is 0.271 e. The standard InChI is InChI=1S/C20H22N2O4/c1-14(2)11-12-26-18-9-7-16(8-10-18)19(23)22-21-13-15-3-5-17(6-4-15)20(24)25/h3-10,13-14H,11-12H2,1-2H3,(H,22,23)(H,24,25)/p-1/b21-13-. The Bertz CT molecular complexity index is 765. The highest BCUT2D eigenvalue weighted by Crippen LogP contribution is 2.13. The molecule has 0 heterocycles. The number of amides is 1. The fraction of sp³-hybridized carbons (Fsp3) is 0.250. The van der Waals surface area contributed by atoms with Crippen molar-refractivity contribution in [3.63, 3.8) is 0 Å². The third-order valence-electron chi connectivity index (χ3n) is 3.61. The van der Waals surface area contributed by atoms with E-state index in [-0.39, 0.29) is 11.5 Å². The van der Waals surface area contributed by atoms with Crippen LogP contribution in [0.15, 0.2) is 53.6 Å². The van der Waals surface area contributed by atoms with Crippen molar-refractivity contribution in [1.29, 1.82) is 0 Å². The maximum atomic E-state index is 12.0. The maximum absolute atomic E-state index is 12.0. The van der Waals surface area contributed by atoms with Crippen LogP contribution in [0.3, 0.4) is 0 Å². The molecule has 0 aliphatic rings. The van der Waals surface area contributed by atoms with Gasteiger partial charge in [0.1, 0.15) is 5.75 Å². The Labute approximate surface area is 152 Å². The third-order valence-corrected chi connectivity index (χ3v) is 3.61. The van der Waals surface area contributed by atoms with Crippen LogP contribution in [0.25, 0.3) is 0 Å². The molecule has 0 bridgehead atoms. The highest BCUT2D eigenvalue weighted by molar-refractivity contribution is 5.95. The summed E-state index contributed by atoms with van der Waals surface area (Å²) in [6.07, 6.45) is 2.40. The molecular formula is C20H21N2O4-. The topological polar surface area (TPSA) is 90.8 Å². The van der Waals surface area contributed by atoms with E-state index >= 15 is 0 Å². The number of hydrogen-bond donors (Lipinski definition) is 1. The van der Waals surface area contributed by atoms with Crippen molar-refractivity contribution in [2.45, 2.75) is 20.3 Å². The first-order valence-electron chi connectivity index (χ1n) is 8.33. The molecule has 0 aromatic heterocycles. The van der Waals surface area contributed by atoms with Gasteiger partial charge in [-0.25, -0.2) is 5.43 Å². The summed E-state index contributed by atoms with van der Waals surface area (Å²) in [6, 6.07) is 12.8. The van der Waals surface area contributed by atoms with Gasteiger partial charge < -0.3 is 14.6 Å². The van der Waals surface area contributed by atoms with Crippen molar-refractivity contribution in [1.82, 2.24) is 5.43 Å². The van der Waals surface area contributed by atoms with Crippen LogP contribution in [0.5, 0.6) is 5.75 Å². The second-order valence-corrected chi connectivity index (χ2v) is 6.16. The van der Waals surface area contributed by atoms with Gasteiger partial charge >= 0.3 is 0 Å². The van der Waals surface area contributed by atoms with Crippen molar-refractivity contribution in [2.24, 2.45) is 11.0 Å². The van der Waals surface area contributed by atoms with Gasteiger partial charge in [-0.2, -0.15) is 5.10 Å². The number of benzene rings is 2. The molecule has 0 saturated heterocycles. The number of carboxylic acids is 1. The van der Waals surface area contributed by atoms with Gasteiger partial charge in [0.25, 0.3) is 5.91 Å². The zero-order valence-corrected chi connectivity index (χ0v) is 14.8. The summed E-state index contributed by atoms with van der Waals surface area (Å²) in [5.74, 6) is -0.284. The Kier molecular flexibility index (Phi) is 6.91. The number of nitrogens with zero attached hydrogens (tertiary/aromatic N) is 1. The van der Waals surface area contributed by atoms with Crippen LogP contribution < -0.4 is 15.3 Å². The summed E-state index contributed by atoms with van der Waals surface area (Å²) >= 11 is 0. The highest BCUT2D eigenvalue weighted by Gasteiger charge is 2.04. The molecule has 136 valence electrons. The van der Waals surface area contributed by atoms with Crippen molar-refractivity contribution in [3.05, 3.63) is 65.2 Å². The lowest BCUT2D eigenvalue weighted by Gasteiger charge is -2.08. The smallest absolute Gasteiger partial charge is 0.271 e. The van der Waals surface area contributed by atoms with Gasteiger partial charge in [0.2, 0.25) is 0 Å². The number of hydrogen-bond acceptors (Lipinski definition) is 5. The summed E-state index contributed by atoms with van der Waals surface area (Å²) in [6.45, 7) is 4.91. The van der Waals surface area contributed by atoms with Gasteiger partial charge in [-0.05, 0) is 47.7 Å². The zero-order chi connectivity index (χ0) is 18.9. The minimum Gasteiger partial charge on any atom is -0.545 e. The number of nitrogens with one attached hydrogen (secondary N) is 1. The number of aromatic carboxylic acids is 1. The Morgan fingerprint density at radius 2 is 1.69 bits per heavy atom. The second-order valence-electron chi connectivity index (χ2n) is 6.16. The van der Waals surface area contributed by atoms with E-state index in [9.17, 15) is 14.7 Å². The van der Waals surface area contributed by atoms with Crippen LogP contribution in [0.4, 0.5) is 0 Å². The van der Waals surface area contributed by atoms with Gasteiger partial charge in [-0.1, -0.05) is 38.1 Å². The molecule has 0 saturated carbocycles. The zero-order valence-electron chi connectivity index (χ0n) is 14.8. The van der Waals surface area contributed by atoms with Crippen LogP contribution >= 0.6 is 0 Å². The van der Waals surface area contributed by atoms with Gasteiger partial charge in [-0.3, -0.25) is 4.79 Å². The molecule has 2 rings (SSSR count). The monoisotopic (exact) mass is 353 g/mol. The van der Waals surface area contributed by atoms with Crippen LogP contribution in [0, 0.1) is 5.92 Å². The van der Waals surface area contributed by atoms with Gasteiger partial charge in [0.05, 0.1) is 18.8 Å². The summed E-state index contributed by atoms with van der Waals surface area (Å²) in [4.78, 5) is 22.7. The molecule has 0 fully saturated rings. The van der Waals surface area contributed by atoms with Crippen LogP contribution in [-0.2, 0) is 0 Å². The number of hydrazone groups is 1. The van der Waals surface area contributed by atoms with E-state index in [0.29, 0.717) is 23.7 Å². The molecule has 0 unspecified atom stereocenters. The predicted octanol–water partition coefficient (Wildman–Crippen LogP) is 2.24. The fourth-order valence-electron chi connectivity index (χ4n) is 2.05. The van der Waals surface area contributed by atoms with E-state index in [1.807, 2.05) is 0 Å². The molecule has 0 spiro atoms. The summed E-state index contributed by atoms with van der Waals surface area (Å²) in [5.41, 5.74) is 3.63. The normalized spacial score (nSPS) is 10.9. The molecule has 0 radical (unpaired) electrons. The predicted molar refractivity (Wildman–Crippen MR) is 97.2 cm³/mol. The van der Waals surface area contributed by atoms with E-state index in [2.05, 4.69) is 24.4 Å². The molecular weight excluding hydrogens is 332 g/mol. The Morgan fingerprint density at radius 1 is 1.08 bits per heavy atom. The SMILES string of the molecule is CC(C)CCOc1ccc(C(=O)N/N=C\c2ccc(C(=O)[O-])cc2)cc1. The first kappa shape index (κ1) is 19.2. The minimum atomic E-state index is -1.24. The van der Waals surface area contributed by atoms with Crippen LogP contribution in [-0.4, -0.2) is 24.7 Å². The van der Waals surface area contributed by atoms with Crippen molar-refractivity contribution in [2.75, 3.05) is 6.61 Å². The summed E-state index contributed by atoms with van der Waals surface area (Å²) in [5, 5.41) is 14.5. The first-order valence-corrected chi connectivity index (χ1v) is 8.33. The molecule has 1 amide bonds. The number of ether oxygens (including phenoxy) is 1. The van der Waals surface area contributed by atoms with E-state index < -0.39 is 5.97 Å². The van der Waals surface area contributed by atoms with Crippen LogP contribution in [0.1, 0.15) is 46.5 Å². The van der Waals surface area contributed by atoms with Crippen molar-refractivity contribution >= 4 is 18.1 Å². The van der Waals surface area contributed by atoms with Gasteiger partial charge in [0, 0.05) is 5.56 Å². The first-order chi connectivity index (χ1) is 12.5. The average molecular weight is 353 g/mol. The number of carbonyl (C=O) groups excluding carboxylic acids is 2. The van der Waals surface area contributed by atoms with Crippen LogP contribution in [0.2, 0.25) is 0 Å². The van der Waals surface area contributed by atoms with E-state index in [1.54, 1.807) is 36.4 Å². The minimum absolute atomic E-state index is 0.0851. The van der Waals surface area contributed by atoms with Gasteiger partial charge in [0.15, 0.2) is 0 Å². The highest BCUT2D eigenvalue weighted by atomic mass is 16.5. The largest absolute Gasteiger partial charge is 0.545 e. The molecule has 2 aromatic carbocycles. The molecule has 6 nitrogen and oxygen atoms in total. The molecule has 6 heteroatoms. The average Bonchev–Trinajstić information content (AvgIpc) is 2.62. The number of carboxylic acid groups (broad SMARTS) is 1. The fourth-order valence-corrected chi connectivity index (χ4v) is 2.05. The van der Waals surface area contributed by atoms with E-state index in [0.717, 1.165) is 12.2 Å². The van der Waals surface area contributed by atoms with E-state index in [1.165, 1.54) is 18.3 Å². The molecule has 26 heavy (non-hydrogen) atoms. The Morgan fingerprint density at radius 3 is 2.27 bits per heavy atom. The number of rotatable bonds is 8. The Balaban J connectivity index is 1.86. The lowest BCUT2D eigenvalue weighted by atomic mass is 10.1. The second kappa shape index (κ2) is 9.36. The molecule has 0 aliphatic heterocycles. The van der Waals surface area contributed by atoms with Gasteiger partial charge in [-0.15, -0.1) is 0 Å². The summed E-state index contributed by atoms with van der Waals surface area (Å²) in [7, 11) is 0. The molecule has 1 N–H and O–H groups in total. The lowest BCUT2D eigenvalue weighted by Crippen LogP contribution is -2.22. The van der Waals surface area contributed by atoms with Crippen molar-refractivity contribution in [3.8, 4) is 5.75 Å². The molecule has 0 aliphatic carbocycles. The third kappa shape index (κ3) is 6.05. The quantitative estimate of drug-likeness (QED) is 0.582. The molecule has 2 aromatic rings.